The van der Waals surface area contributed by atoms with E-state index in [1.807, 2.05) is 48.7 Å². The van der Waals surface area contributed by atoms with Gasteiger partial charge in [0.15, 0.2) is 5.82 Å². The molecular weight excluding hydrogens is 611 g/mol. The molecule has 234 valence electrons. The molecule has 0 fully saturated rings. The predicted octanol–water partition coefficient (Wildman–Crippen LogP) is 11.0. The van der Waals surface area contributed by atoms with Gasteiger partial charge in [0.25, 0.3) is 0 Å². The van der Waals surface area contributed by atoms with Crippen molar-refractivity contribution in [1.82, 2.24) is 15.0 Å². The van der Waals surface area contributed by atoms with E-state index in [1.165, 1.54) is 22.3 Å². The normalized spacial score (nSPS) is 13.1. The highest BCUT2D eigenvalue weighted by atomic mass is 16.5. The molecule has 2 aromatic heterocycles. The molecule has 0 radical (unpaired) electrons. The van der Waals surface area contributed by atoms with Crippen LogP contribution in [0.4, 0.5) is 0 Å². The van der Waals surface area contributed by atoms with Crippen LogP contribution < -0.4 is 4.74 Å². The van der Waals surface area contributed by atoms with Gasteiger partial charge in [-0.05, 0) is 64.7 Å². The smallest absolute Gasteiger partial charge is 0.161 e. The summed E-state index contributed by atoms with van der Waals surface area (Å²) in [5.74, 6) is 2.38. The lowest BCUT2D eigenvalue weighted by Crippen LogP contribution is -2.32. The fourth-order valence-electron chi connectivity index (χ4n) is 7.80. The third-order valence-corrected chi connectivity index (χ3v) is 10.0. The van der Waals surface area contributed by atoms with Crippen LogP contribution in [-0.4, -0.2) is 15.0 Å². The lowest BCUT2D eigenvalue weighted by molar-refractivity contribution is 0.436. The third-order valence-electron chi connectivity index (χ3n) is 10.0. The van der Waals surface area contributed by atoms with E-state index in [2.05, 4.69) is 127 Å². The molecule has 1 spiro atoms. The van der Waals surface area contributed by atoms with Crippen molar-refractivity contribution >= 4 is 0 Å². The van der Waals surface area contributed by atoms with Gasteiger partial charge in [0.2, 0.25) is 0 Å². The van der Waals surface area contributed by atoms with Gasteiger partial charge in [-0.2, -0.15) is 0 Å². The molecule has 4 heteroatoms. The fraction of sp³-hybridized carbons (Fsp3) is 0.0217. The largest absolute Gasteiger partial charge is 0.457 e. The Kier molecular flexibility index (Phi) is 6.36. The Morgan fingerprint density at radius 2 is 0.920 bits per heavy atom. The molecule has 0 saturated heterocycles. The van der Waals surface area contributed by atoms with E-state index < -0.39 is 5.41 Å². The SMILES string of the molecule is c1ccc(-c2cc(-c3ccccc3)nc(-c3ccc(-c4ccc5c(c4)C4(c6ccccc6O5)c5ccccc5-c5ccccc54)nc3)n2)cc1. The molecule has 0 N–H and O–H groups in total. The van der Waals surface area contributed by atoms with Gasteiger partial charge >= 0.3 is 0 Å². The second-order valence-electron chi connectivity index (χ2n) is 12.8. The van der Waals surface area contributed by atoms with Crippen molar-refractivity contribution < 1.29 is 4.74 Å². The summed E-state index contributed by atoms with van der Waals surface area (Å²) in [6, 6.07) is 59.2. The van der Waals surface area contributed by atoms with Gasteiger partial charge in [0, 0.05) is 39.6 Å². The standard InChI is InChI=1S/C46H29N3O/c1-3-13-30(14-4-1)41-28-42(31-15-5-2-6-16-31)49-45(48-41)33-23-25-40(47-29-33)32-24-26-44-39(27-32)46(38-21-11-12-22-43(38)50-44)36-19-9-7-17-34(36)35-18-8-10-20-37(35)46/h1-29H. The van der Waals surface area contributed by atoms with Crippen molar-refractivity contribution in [3.8, 4) is 67.8 Å². The summed E-state index contributed by atoms with van der Waals surface area (Å²) in [6.07, 6.45) is 1.88. The molecule has 2 aliphatic rings. The second kappa shape index (κ2) is 11.2. The number of hydrogen-bond acceptors (Lipinski definition) is 4. The van der Waals surface area contributed by atoms with Crippen LogP contribution >= 0.6 is 0 Å². The number of fused-ring (bicyclic) bond motifs is 9. The maximum atomic E-state index is 6.62. The molecule has 4 nitrogen and oxygen atoms in total. The first-order chi connectivity index (χ1) is 24.8. The van der Waals surface area contributed by atoms with Gasteiger partial charge in [0.1, 0.15) is 11.5 Å². The molecule has 8 aromatic rings. The summed E-state index contributed by atoms with van der Waals surface area (Å²) in [4.78, 5) is 15.0. The van der Waals surface area contributed by atoms with Crippen molar-refractivity contribution in [1.29, 1.82) is 0 Å². The number of hydrogen-bond donors (Lipinski definition) is 0. The topological polar surface area (TPSA) is 47.9 Å². The quantitative estimate of drug-likeness (QED) is 0.192. The van der Waals surface area contributed by atoms with E-state index in [-0.39, 0.29) is 0 Å². The van der Waals surface area contributed by atoms with Gasteiger partial charge < -0.3 is 4.74 Å². The molecule has 0 bridgehead atoms. The molecule has 0 saturated carbocycles. The van der Waals surface area contributed by atoms with E-state index in [0.29, 0.717) is 5.82 Å². The number of rotatable bonds is 4. The average molecular weight is 640 g/mol. The van der Waals surface area contributed by atoms with Gasteiger partial charge in [-0.1, -0.05) is 127 Å². The maximum Gasteiger partial charge on any atom is 0.161 e. The van der Waals surface area contributed by atoms with Gasteiger partial charge in [-0.25, -0.2) is 9.97 Å². The van der Waals surface area contributed by atoms with Crippen molar-refractivity contribution in [2.45, 2.75) is 5.41 Å². The number of aromatic nitrogens is 3. The third kappa shape index (κ3) is 4.28. The second-order valence-corrected chi connectivity index (χ2v) is 12.8. The molecule has 0 unspecified atom stereocenters. The minimum absolute atomic E-state index is 0.521. The Balaban J connectivity index is 1.11. The van der Waals surface area contributed by atoms with Crippen molar-refractivity contribution in [3.05, 3.63) is 198 Å². The van der Waals surface area contributed by atoms with Crippen LogP contribution in [-0.2, 0) is 5.41 Å². The van der Waals surface area contributed by atoms with Crippen LogP contribution in [0.1, 0.15) is 22.3 Å². The molecular formula is C46H29N3O. The average Bonchev–Trinajstić information content (AvgIpc) is 3.49. The minimum Gasteiger partial charge on any atom is -0.457 e. The Labute approximate surface area is 290 Å². The number of para-hydroxylation sites is 1. The molecule has 3 heterocycles. The van der Waals surface area contributed by atoms with Crippen LogP contribution in [0.2, 0.25) is 0 Å². The van der Waals surface area contributed by atoms with Crippen LogP contribution in [0.3, 0.4) is 0 Å². The summed E-state index contributed by atoms with van der Waals surface area (Å²) in [6.45, 7) is 0. The van der Waals surface area contributed by atoms with E-state index >= 15 is 0 Å². The van der Waals surface area contributed by atoms with E-state index in [1.54, 1.807) is 0 Å². The first-order valence-corrected chi connectivity index (χ1v) is 16.9. The molecule has 0 amide bonds. The number of ether oxygens (including phenoxy) is 1. The highest BCUT2D eigenvalue weighted by molar-refractivity contribution is 5.89. The molecule has 1 aliphatic carbocycles. The summed E-state index contributed by atoms with van der Waals surface area (Å²) in [5.41, 5.74) is 13.4. The lowest BCUT2D eigenvalue weighted by atomic mass is 9.66. The van der Waals surface area contributed by atoms with Crippen LogP contribution in [0.15, 0.2) is 176 Å². The highest BCUT2D eigenvalue weighted by Gasteiger charge is 2.51. The number of pyridine rings is 1. The van der Waals surface area contributed by atoms with Crippen LogP contribution in [0.25, 0.3) is 56.3 Å². The summed E-state index contributed by atoms with van der Waals surface area (Å²) >= 11 is 0. The Morgan fingerprint density at radius 1 is 0.380 bits per heavy atom. The van der Waals surface area contributed by atoms with Gasteiger partial charge in [-0.3, -0.25) is 4.98 Å². The first kappa shape index (κ1) is 28.4. The zero-order chi connectivity index (χ0) is 33.1. The Morgan fingerprint density at radius 3 is 1.54 bits per heavy atom. The minimum atomic E-state index is -0.521. The molecule has 1 aliphatic heterocycles. The van der Waals surface area contributed by atoms with E-state index in [4.69, 9.17) is 19.7 Å². The van der Waals surface area contributed by atoms with Crippen molar-refractivity contribution in [2.24, 2.45) is 0 Å². The van der Waals surface area contributed by atoms with Gasteiger partial charge in [0.05, 0.1) is 22.5 Å². The zero-order valence-electron chi connectivity index (χ0n) is 27.0. The highest BCUT2D eigenvalue weighted by Crippen LogP contribution is 2.62. The lowest BCUT2D eigenvalue weighted by Gasteiger charge is -2.39. The zero-order valence-corrected chi connectivity index (χ0v) is 27.0. The van der Waals surface area contributed by atoms with Gasteiger partial charge in [-0.15, -0.1) is 0 Å². The summed E-state index contributed by atoms with van der Waals surface area (Å²) in [5, 5.41) is 0. The molecule has 6 aromatic carbocycles. The van der Waals surface area contributed by atoms with Crippen LogP contribution in [0, 0.1) is 0 Å². The fourth-order valence-corrected chi connectivity index (χ4v) is 7.80. The number of benzene rings is 6. The van der Waals surface area contributed by atoms with Crippen LogP contribution in [0.5, 0.6) is 11.5 Å². The van der Waals surface area contributed by atoms with Crippen molar-refractivity contribution in [3.63, 3.8) is 0 Å². The number of nitrogens with zero attached hydrogens (tertiary/aromatic N) is 3. The molecule has 50 heavy (non-hydrogen) atoms. The van der Waals surface area contributed by atoms with Crippen molar-refractivity contribution in [2.75, 3.05) is 0 Å². The van der Waals surface area contributed by atoms with E-state index in [0.717, 1.165) is 62.0 Å². The first-order valence-electron chi connectivity index (χ1n) is 16.9. The monoisotopic (exact) mass is 639 g/mol. The molecule has 10 rings (SSSR count). The summed E-state index contributed by atoms with van der Waals surface area (Å²) < 4.78 is 6.62. The van der Waals surface area contributed by atoms with E-state index in [9.17, 15) is 0 Å². The Hall–Kier alpha value is -6.65. The molecule has 0 atom stereocenters. The predicted molar refractivity (Wildman–Crippen MR) is 199 cm³/mol. The maximum absolute atomic E-state index is 6.62. The summed E-state index contributed by atoms with van der Waals surface area (Å²) in [7, 11) is 0. The Bertz CT molecular complexity index is 2460.